The Labute approximate surface area is 93.6 Å². The number of benzene rings is 1. The number of hydrogen-bond acceptors (Lipinski definition) is 3. The first-order valence-electron chi connectivity index (χ1n) is 5.52. The zero-order valence-electron chi connectivity index (χ0n) is 8.65. The lowest BCUT2D eigenvalue weighted by Gasteiger charge is -2.28. The molecule has 0 N–H and O–H groups in total. The van der Waals surface area contributed by atoms with Crippen LogP contribution in [0.2, 0.25) is 0 Å². The first kappa shape index (κ1) is 9.16. The molecule has 2 aromatic rings. The van der Waals surface area contributed by atoms with Gasteiger partial charge >= 0.3 is 0 Å². The Balaban J connectivity index is 2.05. The van der Waals surface area contributed by atoms with Crippen LogP contribution in [-0.2, 0) is 0 Å². The fourth-order valence-corrected chi connectivity index (χ4v) is 2.96. The van der Waals surface area contributed by atoms with Crippen LogP contribution in [0, 0.1) is 0 Å². The minimum atomic E-state index is 1.18. The van der Waals surface area contributed by atoms with E-state index in [2.05, 4.69) is 28.1 Å². The van der Waals surface area contributed by atoms with Crippen molar-refractivity contribution in [1.82, 2.24) is 4.98 Å². The minimum absolute atomic E-state index is 1.18. The van der Waals surface area contributed by atoms with Gasteiger partial charge in [-0.15, -0.1) is 11.3 Å². The molecule has 0 spiro atoms. The largest absolute Gasteiger partial charge is 0.370 e. The second kappa shape index (κ2) is 3.81. The third kappa shape index (κ3) is 1.61. The molecule has 0 aliphatic carbocycles. The SMILES string of the molecule is c1cc(N2CCCCC2)c2ncsc2c1. The summed E-state index contributed by atoms with van der Waals surface area (Å²) in [6.07, 6.45) is 4.02. The van der Waals surface area contributed by atoms with Gasteiger partial charge in [0.05, 0.1) is 15.9 Å². The van der Waals surface area contributed by atoms with Gasteiger partial charge in [-0.3, -0.25) is 0 Å². The smallest absolute Gasteiger partial charge is 0.104 e. The van der Waals surface area contributed by atoms with Gasteiger partial charge in [0.2, 0.25) is 0 Å². The van der Waals surface area contributed by atoms with Crippen molar-refractivity contribution in [1.29, 1.82) is 0 Å². The normalized spacial score (nSPS) is 17.2. The van der Waals surface area contributed by atoms with Crippen LogP contribution in [0.1, 0.15) is 19.3 Å². The van der Waals surface area contributed by atoms with E-state index in [0.29, 0.717) is 0 Å². The van der Waals surface area contributed by atoms with Crippen molar-refractivity contribution in [2.24, 2.45) is 0 Å². The lowest BCUT2D eigenvalue weighted by atomic mass is 10.1. The van der Waals surface area contributed by atoms with Crippen molar-refractivity contribution >= 4 is 27.2 Å². The topological polar surface area (TPSA) is 16.1 Å². The first-order chi connectivity index (χ1) is 7.45. The van der Waals surface area contributed by atoms with Gasteiger partial charge in [0.15, 0.2) is 0 Å². The maximum absolute atomic E-state index is 4.47. The number of fused-ring (bicyclic) bond motifs is 1. The second-order valence-corrected chi connectivity index (χ2v) is 4.91. The standard InChI is InChI=1S/C12H14N2S/c1-2-7-14(8-3-1)10-5-4-6-11-12(10)13-9-15-11/h4-6,9H,1-3,7-8H2. The van der Waals surface area contributed by atoms with E-state index in [-0.39, 0.29) is 0 Å². The van der Waals surface area contributed by atoms with Crippen LogP contribution in [0.15, 0.2) is 23.7 Å². The summed E-state index contributed by atoms with van der Waals surface area (Å²) in [5.41, 5.74) is 4.45. The maximum atomic E-state index is 4.47. The summed E-state index contributed by atoms with van der Waals surface area (Å²) in [4.78, 5) is 6.95. The van der Waals surface area contributed by atoms with Crippen LogP contribution >= 0.6 is 11.3 Å². The van der Waals surface area contributed by atoms with Gasteiger partial charge in [-0.2, -0.15) is 0 Å². The Morgan fingerprint density at radius 2 is 2.00 bits per heavy atom. The van der Waals surface area contributed by atoms with Crippen molar-refractivity contribution in [2.45, 2.75) is 19.3 Å². The Kier molecular flexibility index (Phi) is 2.33. The van der Waals surface area contributed by atoms with Crippen LogP contribution < -0.4 is 4.90 Å². The van der Waals surface area contributed by atoms with Crippen molar-refractivity contribution < 1.29 is 0 Å². The van der Waals surface area contributed by atoms with Crippen LogP contribution in [0.25, 0.3) is 10.2 Å². The molecule has 1 aliphatic rings. The van der Waals surface area contributed by atoms with E-state index in [9.17, 15) is 0 Å². The van der Waals surface area contributed by atoms with Crippen molar-refractivity contribution in [2.75, 3.05) is 18.0 Å². The molecule has 0 atom stereocenters. The molecule has 0 radical (unpaired) electrons. The lowest BCUT2D eigenvalue weighted by molar-refractivity contribution is 0.579. The Morgan fingerprint density at radius 3 is 2.87 bits per heavy atom. The highest BCUT2D eigenvalue weighted by atomic mass is 32.1. The van der Waals surface area contributed by atoms with E-state index in [0.717, 1.165) is 0 Å². The zero-order valence-corrected chi connectivity index (χ0v) is 9.46. The molecule has 78 valence electrons. The van der Waals surface area contributed by atoms with Crippen LogP contribution in [0.3, 0.4) is 0 Å². The summed E-state index contributed by atoms with van der Waals surface area (Å²) in [6.45, 7) is 2.38. The van der Waals surface area contributed by atoms with Gasteiger partial charge in [0.1, 0.15) is 5.52 Å². The van der Waals surface area contributed by atoms with E-state index < -0.39 is 0 Å². The number of rotatable bonds is 1. The Morgan fingerprint density at radius 1 is 1.13 bits per heavy atom. The van der Waals surface area contributed by atoms with Gasteiger partial charge in [-0.1, -0.05) is 6.07 Å². The zero-order chi connectivity index (χ0) is 10.1. The van der Waals surface area contributed by atoms with E-state index >= 15 is 0 Å². The monoisotopic (exact) mass is 218 g/mol. The van der Waals surface area contributed by atoms with Crippen LogP contribution in [-0.4, -0.2) is 18.1 Å². The van der Waals surface area contributed by atoms with E-state index in [1.807, 2.05) is 5.51 Å². The predicted octanol–water partition coefficient (Wildman–Crippen LogP) is 3.29. The quantitative estimate of drug-likeness (QED) is 0.730. The summed E-state index contributed by atoms with van der Waals surface area (Å²) in [5, 5.41) is 0. The Hall–Kier alpha value is -1.09. The van der Waals surface area contributed by atoms with Gasteiger partial charge < -0.3 is 4.90 Å². The molecule has 0 unspecified atom stereocenters. The molecular weight excluding hydrogens is 204 g/mol. The first-order valence-corrected chi connectivity index (χ1v) is 6.40. The third-order valence-electron chi connectivity index (χ3n) is 3.04. The second-order valence-electron chi connectivity index (χ2n) is 4.02. The number of thiazole rings is 1. The molecule has 3 heteroatoms. The van der Waals surface area contributed by atoms with Crippen molar-refractivity contribution in [3.63, 3.8) is 0 Å². The number of anilines is 1. The summed E-state index contributed by atoms with van der Waals surface area (Å²) >= 11 is 1.73. The van der Waals surface area contributed by atoms with Crippen molar-refractivity contribution in [3.8, 4) is 0 Å². The van der Waals surface area contributed by atoms with Gasteiger partial charge in [-0.05, 0) is 31.4 Å². The highest BCUT2D eigenvalue weighted by Crippen LogP contribution is 2.29. The third-order valence-corrected chi connectivity index (χ3v) is 3.83. The molecule has 15 heavy (non-hydrogen) atoms. The number of aromatic nitrogens is 1. The van der Waals surface area contributed by atoms with Crippen LogP contribution in [0.4, 0.5) is 5.69 Å². The fourth-order valence-electron chi connectivity index (χ4n) is 2.26. The van der Waals surface area contributed by atoms with Gasteiger partial charge in [0.25, 0.3) is 0 Å². The highest BCUT2D eigenvalue weighted by Gasteiger charge is 2.14. The average Bonchev–Trinajstić information content (AvgIpc) is 2.78. The average molecular weight is 218 g/mol. The molecule has 2 nitrogen and oxygen atoms in total. The van der Waals surface area contributed by atoms with E-state index in [4.69, 9.17) is 0 Å². The summed E-state index contributed by atoms with van der Waals surface area (Å²) in [6, 6.07) is 6.50. The lowest BCUT2D eigenvalue weighted by Crippen LogP contribution is -2.29. The van der Waals surface area contributed by atoms with Gasteiger partial charge in [-0.25, -0.2) is 4.98 Å². The van der Waals surface area contributed by atoms with Crippen molar-refractivity contribution in [3.05, 3.63) is 23.7 Å². The van der Waals surface area contributed by atoms with Gasteiger partial charge in [0, 0.05) is 13.1 Å². The highest BCUT2D eigenvalue weighted by molar-refractivity contribution is 7.16. The number of piperidine rings is 1. The van der Waals surface area contributed by atoms with Crippen LogP contribution in [0.5, 0.6) is 0 Å². The number of nitrogens with zero attached hydrogens (tertiary/aromatic N) is 2. The van der Waals surface area contributed by atoms with E-state index in [1.54, 1.807) is 11.3 Å². The summed E-state index contributed by atoms with van der Waals surface area (Å²) in [5.74, 6) is 0. The molecule has 0 amide bonds. The summed E-state index contributed by atoms with van der Waals surface area (Å²) < 4.78 is 1.30. The fraction of sp³-hybridized carbons (Fsp3) is 0.417. The molecule has 0 saturated carbocycles. The molecule has 3 rings (SSSR count). The molecular formula is C12H14N2S. The number of hydrogen-bond donors (Lipinski definition) is 0. The van der Waals surface area contributed by atoms with E-state index in [1.165, 1.54) is 48.3 Å². The number of para-hydroxylation sites is 1. The molecule has 1 aromatic heterocycles. The maximum Gasteiger partial charge on any atom is 0.104 e. The molecule has 0 bridgehead atoms. The minimum Gasteiger partial charge on any atom is -0.370 e. The molecule has 1 fully saturated rings. The predicted molar refractivity (Wildman–Crippen MR) is 65.7 cm³/mol. The Bertz CT molecular complexity index is 457. The molecule has 1 aliphatic heterocycles. The molecule has 2 heterocycles. The molecule has 1 saturated heterocycles. The summed E-state index contributed by atoms with van der Waals surface area (Å²) in [7, 11) is 0. The molecule has 1 aromatic carbocycles.